The summed E-state index contributed by atoms with van der Waals surface area (Å²) in [7, 11) is 0. The number of halogens is 1. The lowest BCUT2D eigenvalue weighted by Gasteiger charge is -2.01. The largest absolute Gasteiger partial charge is 0.448 e. The molecular formula is C13H13BrN2O. The first kappa shape index (κ1) is 11.0. The molecule has 1 fully saturated rings. The van der Waals surface area contributed by atoms with E-state index in [-0.39, 0.29) is 0 Å². The summed E-state index contributed by atoms with van der Waals surface area (Å²) in [4.78, 5) is 4.59. The number of nitrogens with zero attached hydrogens (tertiary/aromatic N) is 1. The maximum Gasteiger partial charge on any atom is 0.199 e. The van der Waals surface area contributed by atoms with Crippen LogP contribution in [0.4, 0.5) is 0 Å². The lowest BCUT2D eigenvalue weighted by Crippen LogP contribution is -2.08. The summed E-state index contributed by atoms with van der Waals surface area (Å²) in [5, 5.41) is 3.32. The highest BCUT2D eigenvalue weighted by Crippen LogP contribution is 2.30. The van der Waals surface area contributed by atoms with E-state index in [0.29, 0.717) is 5.92 Å². The van der Waals surface area contributed by atoms with Crippen molar-refractivity contribution in [1.29, 1.82) is 0 Å². The maximum atomic E-state index is 5.59. The van der Waals surface area contributed by atoms with Gasteiger partial charge in [0, 0.05) is 22.5 Å². The van der Waals surface area contributed by atoms with Gasteiger partial charge in [0.25, 0.3) is 0 Å². The third-order valence-corrected chi connectivity index (χ3v) is 3.77. The van der Waals surface area contributed by atoms with E-state index < -0.39 is 0 Å². The zero-order chi connectivity index (χ0) is 11.7. The van der Waals surface area contributed by atoms with Crippen LogP contribution in [0.5, 0.6) is 0 Å². The number of oxazole rings is 1. The van der Waals surface area contributed by atoms with E-state index in [0.717, 1.165) is 41.1 Å². The van der Waals surface area contributed by atoms with Crippen molar-refractivity contribution in [3.05, 3.63) is 40.9 Å². The SMILES string of the molecule is Brc1ccccc1-c1coc(C2CCNC2)n1. The number of benzene rings is 1. The third kappa shape index (κ3) is 2.15. The molecule has 1 atom stereocenters. The van der Waals surface area contributed by atoms with Gasteiger partial charge < -0.3 is 9.73 Å². The number of hydrogen-bond donors (Lipinski definition) is 1. The Morgan fingerprint density at radius 1 is 1.35 bits per heavy atom. The van der Waals surface area contributed by atoms with Crippen LogP contribution in [0.3, 0.4) is 0 Å². The molecule has 17 heavy (non-hydrogen) atoms. The minimum Gasteiger partial charge on any atom is -0.448 e. The average Bonchev–Trinajstić information content (AvgIpc) is 3.00. The standard InChI is InChI=1S/C13H13BrN2O/c14-11-4-2-1-3-10(11)12-8-17-13(16-12)9-5-6-15-7-9/h1-4,8-9,15H,5-7H2. The van der Waals surface area contributed by atoms with Crippen LogP contribution in [0.1, 0.15) is 18.2 Å². The van der Waals surface area contributed by atoms with Crippen molar-refractivity contribution in [2.45, 2.75) is 12.3 Å². The predicted molar refractivity (Wildman–Crippen MR) is 69.9 cm³/mol. The molecule has 1 unspecified atom stereocenters. The average molecular weight is 293 g/mol. The van der Waals surface area contributed by atoms with Crippen LogP contribution in [0, 0.1) is 0 Å². The van der Waals surface area contributed by atoms with Gasteiger partial charge in [0.2, 0.25) is 0 Å². The van der Waals surface area contributed by atoms with Gasteiger partial charge in [-0.2, -0.15) is 0 Å². The van der Waals surface area contributed by atoms with Crippen LogP contribution in [0.25, 0.3) is 11.3 Å². The molecule has 1 aliphatic rings. The summed E-state index contributed by atoms with van der Waals surface area (Å²) in [6.45, 7) is 2.02. The Bertz CT molecular complexity index is 518. The van der Waals surface area contributed by atoms with Crippen molar-refractivity contribution in [3.8, 4) is 11.3 Å². The second kappa shape index (κ2) is 4.63. The topological polar surface area (TPSA) is 38.1 Å². The molecule has 1 aromatic heterocycles. The smallest absolute Gasteiger partial charge is 0.199 e. The van der Waals surface area contributed by atoms with E-state index in [1.807, 2.05) is 24.3 Å². The quantitative estimate of drug-likeness (QED) is 0.924. The summed E-state index contributed by atoms with van der Waals surface area (Å²) in [6, 6.07) is 8.06. The van der Waals surface area contributed by atoms with Crippen molar-refractivity contribution >= 4 is 15.9 Å². The zero-order valence-electron chi connectivity index (χ0n) is 9.32. The summed E-state index contributed by atoms with van der Waals surface area (Å²) in [5.41, 5.74) is 1.98. The van der Waals surface area contributed by atoms with Gasteiger partial charge >= 0.3 is 0 Å². The van der Waals surface area contributed by atoms with E-state index in [1.165, 1.54) is 0 Å². The predicted octanol–water partition coefficient (Wildman–Crippen LogP) is 3.18. The molecule has 0 amide bonds. The first-order valence-electron chi connectivity index (χ1n) is 5.75. The molecule has 1 saturated heterocycles. The maximum absolute atomic E-state index is 5.59. The van der Waals surface area contributed by atoms with Crippen molar-refractivity contribution < 1.29 is 4.42 Å². The first-order chi connectivity index (χ1) is 8.34. The van der Waals surface area contributed by atoms with Gasteiger partial charge in [-0.3, -0.25) is 0 Å². The van der Waals surface area contributed by atoms with E-state index in [4.69, 9.17) is 4.42 Å². The molecule has 2 aromatic rings. The van der Waals surface area contributed by atoms with E-state index in [2.05, 4.69) is 26.2 Å². The number of nitrogens with one attached hydrogen (secondary N) is 1. The van der Waals surface area contributed by atoms with Gasteiger partial charge in [-0.05, 0) is 19.0 Å². The minimum absolute atomic E-state index is 0.422. The molecule has 4 heteroatoms. The van der Waals surface area contributed by atoms with E-state index >= 15 is 0 Å². The fraction of sp³-hybridized carbons (Fsp3) is 0.308. The molecule has 3 nitrogen and oxygen atoms in total. The molecule has 2 heterocycles. The molecule has 0 saturated carbocycles. The van der Waals surface area contributed by atoms with E-state index in [9.17, 15) is 0 Å². The van der Waals surface area contributed by atoms with Crippen LogP contribution in [0.2, 0.25) is 0 Å². The van der Waals surface area contributed by atoms with Crippen LogP contribution >= 0.6 is 15.9 Å². The highest BCUT2D eigenvalue weighted by Gasteiger charge is 2.22. The van der Waals surface area contributed by atoms with Gasteiger partial charge in [-0.1, -0.05) is 34.1 Å². The molecule has 1 aliphatic heterocycles. The van der Waals surface area contributed by atoms with Crippen LogP contribution in [0.15, 0.2) is 39.4 Å². The second-order valence-corrected chi connectivity index (χ2v) is 5.09. The molecule has 1 aromatic carbocycles. The van der Waals surface area contributed by atoms with Crippen molar-refractivity contribution in [2.75, 3.05) is 13.1 Å². The minimum atomic E-state index is 0.422. The third-order valence-electron chi connectivity index (χ3n) is 3.08. The molecular weight excluding hydrogens is 280 g/mol. The molecule has 3 rings (SSSR count). The Kier molecular flexibility index (Phi) is 2.99. The number of aromatic nitrogens is 1. The van der Waals surface area contributed by atoms with E-state index in [1.54, 1.807) is 6.26 Å². The van der Waals surface area contributed by atoms with Gasteiger partial charge in [-0.15, -0.1) is 0 Å². The second-order valence-electron chi connectivity index (χ2n) is 4.24. The Hall–Kier alpha value is -1.13. The van der Waals surface area contributed by atoms with Gasteiger partial charge in [-0.25, -0.2) is 4.98 Å². The zero-order valence-corrected chi connectivity index (χ0v) is 10.9. The first-order valence-corrected chi connectivity index (χ1v) is 6.55. The van der Waals surface area contributed by atoms with Gasteiger partial charge in [0.1, 0.15) is 12.0 Å². The number of rotatable bonds is 2. The Morgan fingerprint density at radius 2 is 2.24 bits per heavy atom. The summed E-state index contributed by atoms with van der Waals surface area (Å²) < 4.78 is 6.63. The lowest BCUT2D eigenvalue weighted by molar-refractivity contribution is 0.457. The number of hydrogen-bond acceptors (Lipinski definition) is 3. The molecule has 0 radical (unpaired) electrons. The molecule has 0 spiro atoms. The van der Waals surface area contributed by atoms with Crippen LogP contribution in [-0.2, 0) is 0 Å². The summed E-state index contributed by atoms with van der Waals surface area (Å²) in [5.74, 6) is 1.27. The monoisotopic (exact) mass is 292 g/mol. The van der Waals surface area contributed by atoms with Crippen LogP contribution < -0.4 is 5.32 Å². The van der Waals surface area contributed by atoms with Crippen molar-refractivity contribution in [2.24, 2.45) is 0 Å². The summed E-state index contributed by atoms with van der Waals surface area (Å²) >= 11 is 3.53. The van der Waals surface area contributed by atoms with Crippen LogP contribution in [-0.4, -0.2) is 18.1 Å². The Balaban J connectivity index is 1.92. The molecule has 1 N–H and O–H groups in total. The summed E-state index contributed by atoms with van der Waals surface area (Å²) in [6.07, 6.45) is 2.85. The van der Waals surface area contributed by atoms with Gasteiger partial charge in [0.15, 0.2) is 5.89 Å². The van der Waals surface area contributed by atoms with Gasteiger partial charge in [0.05, 0.1) is 0 Å². The molecule has 0 bridgehead atoms. The normalized spacial score (nSPS) is 19.7. The molecule has 88 valence electrons. The fourth-order valence-electron chi connectivity index (χ4n) is 2.13. The fourth-order valence-corrected chi connectivity index (χ4v) is 2.62. The van der Waals surface area contributed by atoms with Crippen molar-refractivity contribution in [3.63, 3.8) is 0 Å². The highest BCUT2D eigenvalue weighted by molar-refractivity contribution is 9.10. The lowest BCUT2D eigenvalue weighted by atomic mass is 10.1. The van der Waals surface area contributed by atoms with Crippen molar-refractivity contribution in [1.82, 2.24) is 10.3 Å². The Labute approximate surface area is 108 Å². The highest BCUT2D eigenvalue weighted by atomic mass is 79.9. The molecule has 0 aliphatic carbocycles. The Morgan fingerprint density at radius 3 is 3.00 bits per heavy atom.